The predicted molar refractivity (Wildman–Crippen MR) is 121 cm³/mol. The summed E-state index contributed by atoms with van der Waals surface area (Å²) in [7, 11) is 0. The van der Waals surface area contributed by atoms with Crippen LogP contribution in [0.3, 0.4) is 0 Å². The molecule has 1 amide bonds. The van der Waals surface area contributed by atoms with Gasteiger partial charge in [0.05, 0.1) is 23.0 Å². The van der Waals surface area contributed by atoms with Crippen LogP contribution in [-0.4, -0.2) is 27.0 Å². The number of hydrogen-bond donors (Lipinski definition) is 0. The highest BCUT2D eigenvalue weighted by Gasteiger charge is 2.20. The molecule has 4 rings (SSSR count). The van der Waals surface area contributed by atoms with Gasteiger partial charge in [0.1, 0.15) is 0 Å². The van der Waals surface area contributed by atoms with Crippen molar-refractivity contribution in [2.24, 2.45) is 0 Å². The van der Waals surface area contributed by atoms with Crippen LogP contribution < -0.4 is 4.90 Å². The topological polar surface area (TPSA) is 51.0 Å². The minimum Gasteiger partial charge on any atom is -0.337 e. The van der Waals surface area contributed by atoms with E-state index in [-0.39, 0.29) is 18.3 Å². The van der Waals surface area contributed by atoms with Crippen molar-refractivity contribution in [3.63, 3.8) is 0 Å². The summed E-state index contributed by atoms with van der Waals surface area (Å²) < 4.78 is 3.14. The number of anilines is 1. The maximum absolute atomic E-state index is 13.1. The fourth-order valence-electron chi connectivity index (χ4n) is 3.21. The Hall–Kier alpha value is -2.70. The molecule has 0 atom stereocenters. The highest BCUT2D eigenvalue weighted by Crippen LogP contribution is 2.31. The van der Waals surface area contributed by atoms with Gasteiger partial charge in [-0.2, -0.15) is 0 Å². The largest absolute Gasteiger partial charge is 0.337 e. The molecule has 0 saturated heterocycles. The lowest BCUT2D eigenvalue weighted by atomic mass is 10.1. The van der Waals surface area contributed by atoms with Crippen molar-refractivity contribution in [1.29, 1.82) is 0 Å². The number of para-hydroxylation sites is 1. The van der Waals surface area contributed by atoms with Gasteiger partial charge in [0.15, 0.2) is 5.13 Å². The van der Waals surface area contributed by atoms with Gasteiger partial charge in [0, 0.05) is 25.5 Å². The van der Waals surface area contributed by atoms with E-state index in [2.05, 4.69) is 24.0 Å². The quantitative estimate of drug-likeness (QED) is 0.422. The number of carbonyl (C=O) groups excluding carboxylic acids is 1. The second kappa shape index (κ2) is 9.67. The molecule has 0 fully saturated rings. The molecule has 0 aliphatic carbocycles. The zero-order chi connectivity index (χ0) is 19.3. The summed E-state index contributed by atoms with van der Waals surface area (Å²) in [5.41, 5.74) is 3.13. The number of thiazole rings is 1. The monoisotopic (exact) mass is 426 g/mol. The van der Waals surface area contributed by atoms with Crippen molar-refractivity contribution in [2.45, 2.75) is 26.3 Å². The summed E-state index contributed by atoms with van der Waals surface area (Å²) in [6.45, 7) is 3.50. The van der Waals surface area contributed by atoms with Gasteiger partial charge >= 0.3 is 0 Å². The fraction of sp³-hybridized carbons (Fsp3) is 0.227. The van der Waals surface area contributed by atoms with Crippen molar-refractivity contribution >= 4 is 45.0 Å². The highest BCUT2D eigenvalue weighted by molar-refractivity contribution is 7.22. The summed E-state index contributed by atoms with van der Waals surface area (Å²) in [6, 6.07) is 16.0. The van der Waals surface area contributed by atoms with E-state index in [4.69, 9.17) is 4.98 Å². The number of benzene rings is 2. The molecule has 2 aromatic heterocycles. The SMILES string of the molecule is Cc1cccc2sc(N(CCCn3ccnc3)C(=O)Cc3ccccc3)nc12.Cl. The van der Waals surface area contributed by atoms with E-state index in [1.165, 1.54) is 0 Å². The van der Waals surface area contributed by atoms with Crippen LogP contribution in [0.15, 0.2) is 67.3 Å². The summed E-state index contributed by atoms with van der Waals surface area (Å²) in [4.78, 5) is 23.9. The van der Waals surface area contributed by atoms with E-state index in [0.29, 0.717) is 13.0 Å². The normalized spacial score (nSPS) is 10.7. The second-order valence-electron chi connectivity index (χ2n) is 6.78. The van der Waals surface area contributed by atoms with Gasteiger partial charge in [-0.3, -0.25) is 9.69 Å². The molecule has 5 nitrogen and oxygen atoms in total. The van der Waals surface area contributed by atoms with Crippen LogP contribution >= 0.6 is 23.7 Å². The average molecular weight is 427 g/mol. The Kier molecular flexibility index (Phi) is 7.01. The molecule has 0 radical (unpaired) electrons. The van der Waals surface area contributed by atoms with E-state index in [0.717, 1.165) is 39.4 Å². The van der Waals surface area contributed by atoms with Gasteiger partial charge in [-0.05, 0) is 30.5 Å². The van der Waals surface area contributed by atoms with Crippen LogP contribution in [0.4, 0.5) is 5.13 Å². The minimum absolute atomic E-state index is 0. The molecule has 0 bridgehead atoms. The summed E-state index contributed by atoms with van der Waals surface area (Å²) in [6.07, 6.45) is 6.73. The molecule has 150 valence electrons. The molecule has 2 heterocycles. The lowest BCUT2D eigenvalue weighted by molar-refractivity contribution is -0.118. The summed E-state index contributed by atoms with van der Waals surface area (Å²) in [5.74, 6) is 0.0774. The first-order valence-electron chi connectivity index (χ1n) is 9.37. The number of halogens is 1. The van der Waals surface area contributed by atoms with Gasteiger partial charge < -0.3 is 4.57 Å². The Morgan fingerprint density at radius 2 is 1.97 bits per heavy atom. The van der Waals surface area contributed by atoms with Crippen LogP contribution in [0.2, 0.25) is 0 Å². The molecule has 29 heavy (non-hydrogen) atoms. The Morgan fingerprint density at radius 3 is 2.69 bits per heavy atom. The van der Waals surface area contributed by atoms with Crippen molar-refractivity contribution in [2.75, 3.05) is 11.4 Å². The number of aryl methyl sites for hydroxylation is 2. The molecule has 0 aliphatic rings. The van der Waals surface area contributed by atoms with Crippen molar-refractivity contribution < 1.29 is 4.79 Å². The first kappa shape index (κ1) is 21.0. The molecular formula is C22H23ClN4OS. The maximum Gasteiger partial charge on any atom is 0.233 e. The molecule has 0 aliphatic heterocycles. The van der Waals surface area contributed by atoms with E-state index in [9.17, 15) is 4.79 Å². The minimum atomic E-state index is 0. The first-order valence-corrected chi connectivity index (χ1v) is 10.2. The summed E-state index contributed by atoms with van der Waals surface area (Å²) in [5, 5.41) is 0.774. The molecule has 4 aromatic rings. The first-order chi connectivity index (χ1) is 13.7. The molecule has 7 heteroatoms. The van der Waals surface area contributed by atoms with Gasteiger partial charge in [-0.25, -0.2) is 9.97 Å². The Balaban J connectivity index is 0.00000240. The number of amides is 1. The number of fused-ring (bicyclic) bond motifs is 1. The third-order valence-electron chi connectivity index (χ3n) is 4.70. The molecule has 0 N–H and O–H groups in total. The van der Waals surface area contributed by atoms with E-state index < -0.39 is 0 Å². The van der Waals surface area contributed by atoms with Crippen LogP contribution in [0, 0.1) is 6.92 Å². The van der Waals surface area contributed by atoms with Gasteiger partial charge in [0.2, 0.25) is 5.91 Å². The lowest BCUT2D eigenvalue weighted by Crippen LogP contribution is -2.33. The van der Waals surface area contributed by atoms with Crippen LogP contribution in [0.1, 0.15) is 17.5 Å². The molecular weight excluding hydrogens is 404 g/mol. The Morgan fingerprint density at radius 1 is 1.14 bits per heavy atom. The third-order valence-corrected chi connectivity index (χ3v) is 5.74. The molecule has 0 saturated carbocycles. The van der Waals surface area contributed by atoms with Crippen molar-refractivity contribution in [3.8, 4) is 0 Å². The van der Waals surface area contributed by atoms with Crippen molar-refractivity contribution in [3.05, 3.63) is 78.4 Å². The fourth-order valence-corrected chi connectivity index (χ4v) is 4.30. The number of nitrogens with zero attached hydrogens (tertiary/aromatic N) is 4. The third kappa shape index (κ3) is 5.02. The number of aromatic nitrogens is 3. The van der Waals surface area contributed by atoms with Crippen LogP contribution in [0.5, 0.6) is 0 Å². The standard InChI is InChI=1S/C22H22N4OS.ClH/c1-17-7-5-10-19-21(17)24-22(28-19)26(13-6-12-25-14-11-23-16-25)20(27)15-18-8-3-2-4-9-18;/h2-5,7-11,14,16H,6,12-13,15H2,1H3;1H. The number of rotatable bonds is 7. The van der Waals surface area contributed by atoms with E-state index in [1.54, 1.807) is 23.9 Å². The lowest BCUT2D eigenvalue weighted by Gasteiger charge is -2.20. The zero-order valence-corrected chi connectivity index (χ0v) is 17.8. The molecule has 0 spiro atoms. The smallest absolute Gasteiger partial charge is 0.233 e. The second-order valence-corrected chi connectivity index (χ2v) is 7.79. The van der Waals surface area contributed by atoms with Gasteiger partial charge in [-0.15, -0.1) is 12.4 Å². The zero-order valence-electron chi connectivity index (χ0n) is 16.2. The predicted octanol–water partition coefficient (Wildman–Crippen LogP) is 4.89. The average Bonchev–Trinajstić information content (AvgIpc) is 3.36. The highest BCUT2D eigenvalue weighted by atomic mass is 35.5. The number of carbonyl (C=O) groups is 1. The Labute approximate surface area is 180 Å². The summed E-state index contributed by atoms with van der Waals surface area (Å²) >= 11 is 1.58. The van der Waals surface area contributed by atoms with Crippen LogP contribution in [0.25, 0.3) is 10.2 Å². The van der Waals surface area contributed by atoms with E-state index >= 15 is 0 Å². The van der Waals surface area contributed by atoms with E-state index in [1.807, 2.05) is 52.1 Å². The number of imidazole rings is 1. The van der Waals surface area contributed by atoms with Crippen LogP contribution in [-0.2, 0) is 17.8 Å². The molecule has 0 unspecified atom stereocenters. The molecule has 2 aromatic carbocycles. The Bertz CT molecular complexity index is 1060. The van der Waals surface area contributed by atoms with Gasteiger partial charge in [-0.1, -0.05) is 53.8 Å². The van der Waals surface area contributed by atoms with Gasteiger partial charge in [0.25, 0.3) is 0 Å². The van der Waals surface area contributed by atoms with Crippen molar-refractivity contribution in [1.82, 2.24) is 14.5 Å². The maximum atomic E-state index is 13.1. The number of hydrogen-bond acceptors (Lipinski definition) is 4.